The van der Waals surface area contributed by atoms with Crippen molar-refractivity contribution in [2.45, 2.75) is 56.9 Å². The lowest BCUT2D eigenvalue weighted by Crippen LogP contribution is -2.58. The van der Waals surface area contributed by atoms with Crippen LogP contribution >= 0.6 is 0 Å². The van der Waals surface area contributed by atoms with Crippen molar-refractivity contribution in [3.05, 3.63) is 35.9 Å². The van der Waals surface area contributed by atoms with Crippen LogP contribution in [0.4, 0.5) is 0 Å². The summed E-state index contributed by atoms with van der Waals surface area (Å²) in [5.41, 5.74) is 1.17. The third kappa shape index (κ3) is 5.76. The molecule has 3 rings (SSSR count). The molecule has 4 atom stereocenters. The molecule has 1 N–H and O–H groups in total. The van der Waals surface area contributed by atoms with E-state index >= 15 is 0 Å². The van der Waals surface area contributed by atoms with E-state index in [1.165, 1.54) is 12.5 Å². The van der Waals surface area contributed by atoms with Crippen LogP contribution in [0.5, 0.6) is 0 Å². The van der Waals surface area contributed by atoms with Gasteiger partial charge in [-0.15, -0.1) is 0 Å². The smallest absolute Gasteiger partial charge is 0.219 e. The SMILES string of the molecule is CC(=O)N1CCC[C@H](NS(C)(=O)=O)C1CO[C@@H]1CC[C@H](c2ccccc2)OC1. The number of hydrogen-bond donors (Lipinski definition) is 1. The first-order valence-electron chi connectivity index (χ1n) is 9.86. The Kier molecular flexibility index (Phi) is 7.09. The third-order valence-corrected chi connectivity index (χ3v) is 6.19. The van der Waals surface area contributed by atoms with Gasteiger partial charge in [0.05, 0.1) is 37.7 Å². The molecule has 0 bridgehead atoms. The van der Waals surface area contributed by atoms with Gasteiger partial charge in [-0.25, -0.2) is 13.1 Å². The first kappa shape index (κ1) is 21.2. The van der Waals surface area contributed by atoms with Gasteiger partial charge in [-0.1, -0.05) is 30.3 Å². The Labute approximate surface area is 167 Å². The lowest BCUT2D eigenvalue weighted by molar-refractivity contribution is -0.138. The largest absolute Gasteiger partial charge is 0.374 e. The average Bonchev–Trinajstić information content (AvgIpc) is 2.66. The van der Waals surface area contributed by atoms with E-state index in [1.54, 1.807) is 4.90 Å². The number of nitrogens with zero attached hydrogens (tertiary/aromatic N) is 1. The van der Waals surface area contributed by atoms with Crippen molar-refractivity contribution in [3.63, 3.8) is 0 Å². The lowest BCUT2D eigenvalue weighted by Gasteiger charge is -2.41. The molecule has 0 radical (unpaired) electrons. The molecule has 28 heavy (non-hydrogen) atoms. The topological polar surface area (TPSA) is 84.9 Å². The zero-order chi connectivity index (χ0) is 20.1. The molecule has 2 aliphatic heterocycles. The molecule has 156 valence electrons. The number of carbonyl (C=O) groups is 1. The van der Waals surface area contributed by atoms with Gasteiger partial charge in [0.2, 0.25) is 15.9 Å². The second-order valence-electron chi connectivity index (χ2n) is 7.68. The van der Waals surface area contributed by atoms with E-state index in [1.807, 2.05) is 18.2 Å². The summed E-state index contributed by atoms with van der Waals surface area (Å²) in [4.78, 5) is 13.8. The molecule has 1 unspecified atom stereocenters. The van der Waals surface area contributed by atoms with Gasteiger partial charge in [-0.2, -0.15) is 0 Å². The Morgan fingerprint density at radius 1 is 1.25 bits per heavy atom. The number of carbonyl (C=O) groups excluding carboxylic acids is 1. The Balaban J connectivity index is 1.57. The van der Waals surface area contributed by atoms with Crippen LogP contribution in [0.3, 0.4) is 0 Å². The summed E-state index contributed by atoms with van der Waals surface area (Å²) in [7, 11) is -3.36. The predicted molar refractivity (Wildman–Crippen MR) is 106 cm³/mol. The molecule has 8 heteroatoms. The summed E-state index contributed by atoms with van der Waals surface area (Å²) in [6.45, 7) is 2.94. The van der Waals surface area contributed by atoms with Gasteiger partial charge in [0.15, 0.2) is 0 Å². The maximum absolute atomic E-state index is 12.0. The molecule has 0 spiro atoms. The highest BCUT2D eigenvalue weighted by Gasteiger charge is 2.35. The number of ether oxygens (including phenoxy) is 2. The van der Waals surface area contributed by atoms with Gasteiger partial charge < -0.3 is 14.4 Å². The Morgan fingerprint density at radius 2 is 2.00 bits per heavy atom. The minimum absolute atomic E-state index is 0.0467. The molecule has 0 aromatic heterocycles. The number of benzene rings is 1. The van der Waals surface area contributed by atoms with E-state index in [9.17, 15) is 13.2 Å². The summed E-state index contributed by atoms with van der Waals surface area (Å²) in [6.07, 6.45) is 4.41. The molecule has 2 heterocycles. The number of rotatable bonds is 6. The molecule has 0 aliphatic carbocycles. The van der Waals surface area contributed by atoms with Gasteiger partial charge in [0.1, 0.15) is 0 Å². The molecular weight excluding hydrogens is 380 g/mol. The molecule has 1 amide bonds. The van der Waals surface area contributed by atoms with Crippen molar-refractivity contribution < 1.29 is 22.7 Å². The quantitative estimate of drug-likeness (QED) is 0.774. The highest BCUT2D eigenvalue weighted by Crippen LogP contribution is 2.29. The fraction of sp³-hybridized carbons (Fsp3) is 0.650. The monoisotopic (exact) mass is 410 g/mol. The highest BCUT2D eigenvalue weighted by molar-refractivity contribution is 7.88. The summed E-state index contributed by atoms with van der Waals surface area (Å²) < 4.78 is 38.2. The Hall–Kier alpha value is -1.48. The average molecular weight is 411 g/mol. The second kappa shape index (κ2) is 9.35. The summed E-state index contributed by atoms with van der Waals surface area (Å²) >= 11 is 0. The van der Waals surface area contributed by atoms with Gasteiger partial charge in [-0.3, -0.25) is 4.79 Å². The van der Waals surface area contributed by atoms with Crippen LogP contribution in [0.25, 0.3) is 0 Å². The van der Waals surface area contributed by atoms with Crippen LogP contribution in [0.15, 0.2) is 30.3 Å². The maximum atomic E-state index is 12.0. The first-order valence-corrected chi connectivity index (χ1v) is 11.8. The molecule has 7 nitrogen and oxygen atoms in total. The number of piperidine rings is 1. The zero-order valence-electron chi connectivity index (χ0n) is 16.5. The number of nitrogens with one attached hydrogen (secondary N) is 1. The fourth-order valence-corrected chi connectivity index (χ4v) is 4.92. The minimum Gasteiger partial charge on any atom is -0.374 e. The van der Waals surface area contributed by atoms with Gasteiger partial charge in [0.25, 0.3) is 0 Å². The molecule has 2 aliphatic rings. The number of sulfonamides is 1. The van der Waals surface area contributed by atoms with Crippen molar-refractivity contribution in [1.29, 1.82) is 0 Å². The van der Waals surface area contributed by atoms with E-state index in [0.717, 1.165) is 25.5 Å². The van der Waals surface area contributed by atoms with Gasteiger partial charge >= 0.3 is 0 Å². The zero-order valence-corrected chi connectivity index (χ0v) is 17.4. The number of likely N-dealkylation sites (tertiary alicyclic amines) is 1. The van der Waals surface area contributed by atoms with Crippen LogP contribution in [0.2, 0.25) is 0 Å². The number of amides is 1. The highest BCUT2D eigenvalue weighted by atomic mass is 32.2. The van der Waals surface area contributed by atoms with Crippen LogP contribution < -0.4 is 4.72 Å². The maximum Gasteiger partial charge on any atom is 0.219 e. The summed E-state index contributed by atoms with van der Waals surface area (Å²) in [6, 6.07) is 9.53. The summed E-state index contributed by atoms with van der Waals surface area (Å²) in [5.74, 6) is -0.0577. The van der Waals surface area contributed by atoms with E-state index in [0.29, 0.717) is 26.2 Å². The Bertz CT molecular complexity index is 747. The molecule has 1 aromatic rings. The third-order valence-electron chi connectivity index (χ3n) is 5.46. The van der Waals surface area contributed by atoms with Crippen molar-refractivity contribution in [1.82, 2.24) is 9.62 Å². The first-order chi connectivity index (χ1) is 13.3. The van der Waals surface area contributed by atoms with Crippen molar-refractivity contribution in [3.8, 4) is 0 Å². The molecule has 2 fully saturated rings. The van der Waals surface area contributed by atoms with Crippen molar-refractivity contribution >= 4 is 15.9 Å². The van der Waals surface area contributed by atoms with Crippen LogP contribution in [0, 0.1) is 0 Å². The second-order valence-corrected chi connectivity index (χ2v) is 9.46. The van der Waals surface area contributed by atoms with E-state index in [4.69, 9.17) is 9.47 Å². The minimum atomic E-state index is -3.36. The molecular formula is C20H30N2O5S. The van der Waals surface area contributed by atoms with Crippen LogP contribution in [-0.2, 0) is 24.3 Å². The van der Waals surface area contributed by atoms with Crippen LogP contribution in [0.1, 0.15) is 44.3 Å². The number of hydrogen-bond acceptors (Lipinski definition) is 5. The fourth-order valence-electron chi connectivity index (χ4n) is 4.09. The van der Waals surface area contributed by atoms with E-state index in [-0.39, 0.29) is 30.2 Å². The Morgan fingerprint density at radius 3 is 2.61 bits per heavy atom. The standard InChI is InChI=1S/C20H30N2O5S/c1-15(23)22-12-6-9-18(21-28(2,24)25)19(22)14-26-17-10-11-20(27-13-17)16-7-4-3-5-8-16/h3-5,7-8,17-21H,6,9-14H2,1-2H3/t17-,18+,19?,20-/m1/s1. The van der Waals surface area contributed by atoms with Gasteiger partial charge in [0, 0.05) is 19.5 Å². The van der Waals surface area contributed by atoms with E-state index in [2.05, 4.69) is 16.9 Å². The molecule has 0 saturated carbocycles. The normalized spacial score (nSPS) is 28.9. The summed E-state index contributed by atoms with van der Waals surface area (Å²) in [5, 5.41) is 0. The van der Waals surface area contributed by atoms with Gasteiger partial charge in [-0.05, 0) is 31.2 Å². The van der Waals surface area contributed by atoms with Crippen molar-refractivity contribution in [2.75, 3.05) is 26.0 Å². The van der Waals surface area contributed by atoms with E-state index < -0.39 is 10.0 Å². The molecule has 2 saturated heterocycles. The van der Waals surface area contributed by atoms with Crippen molar-refractivity contribution in [2.24, 2.45) is 0 Å². The molecule has 1 aromatic carbocycles. The van der Waals surface area contributed by atoms with Crippen LogP contribution in [-0.4, -0.2) is 63.4 Å². The predicted octanol–water partition coefficient (Wildman–Crippen LogP) is 1.85. The lowest BCUT2D eigenvalue weighted by atomic mass is 9.97.